The normalized spacial score (nSPS) is 15.7. The van der Waals surface area contributed by atoms with Crippen molar-refractivity contribution in [2.24, 2.45) is 0 Å². The molecule has 1 aliphatic carbocycles. The molecule has 0 atom stereocenters. The van der Waals surface area contributed by atoms with Gasteiger partial charge in [0.15, 0.2) is 6.61 Å². The third-order valence-corrected chi connectivity index (χ3v) is 6.74. The number of hydrogen-bond donors (Lipinski definition) is 1. The first-order valence-corrected chi connectivity index (χ1v) is 11.3. The van der Waals surface area contributed by atoms with Crippen molar-refractivity contribution in [2.75, 3.05) is 16.8 Å². The third-order valence-electron chi connectivity index (χ3n) is 5.53. The van der Waals surface area contributed by atoms with Crippen molar-refractivity contribution in [3.05, 3.63) is 45.8 Å². The number of thiophene rings is 1. The molecule has 1 fully saturated rings. The number of fused-ring (bicyclic) bond motifs is 1. The number of nitrogens with zero attached hydrogens (tertiary/aromatic N) is 2. The van der Waals surface area contributed by atoms with Crippen LogP contribution in [0.25, 0.3) is 0 Å². The summed E-state index contributed by atoms with van der Waals surface area (Å²) in [7, 11) is 0. The molecule has 1 aliphatic heterocycles. The van der Waals surface area contributed by atoms with Gasteiger partial charge in [0.2, 0.25) is 11.8 Å². The second kappa shape index (κ2) is 9.32. The Bertz CT molecular complexity index is 1110. The van der Waals surface area contributed by atoms with Crippen molar-refractivity contribution in [1.29, 1.82) is 5.26 Å². The highest BCUT2D eigenvalue weighted by molar-refractivity contribution is 7.16. The van der Waals surface area contributed by atoms with E-state index in [0.29, 0.717) is 16.3 Å². The first-order valence-electron chi connectivity index (χ1n) is 10.5. The van der Waals surface area contributed by atoms with Gasteiger partial charge in [-0.3, -0.25) is 19.3 Å². The van der Waals surface area contributed by atoms with Crippen LogP contribution in [0.4, 0.5) is 10.7 Å². The summed E-state index contributed by atoms with van der Waals surface area (Å²) >= 11 is 1.42. The first-order chi connectivity index (χ1) is 15.5. The maximum absolute atomic E-state index is 12.3. The quantitative estimate of drug-likeness (QED) is 0.423. The van der Waals surface area contributed by atoms with E-state index < -0.39 is 18.5 Å². The lowest BCUT2D eigenvalue weighted by Crippen LogP contribution is -2.28. The largest absolute Gasteiger partial charge is 0.452 e. The van der Waals surface area contributed by atoms with E-state index >= 15 is 0 Å². The van der Waals surface area contributed by atoms with Crippen LogP contribution in [0, 0.1) is 11.3 Å². The molecule has 0 radical (unpaired) electrons. The zero-order valence-corrected chi connectivity index (χ0v) is 18.1. The Balaban J connectivity index is 1.35. The number of aryl methyl sites for hydroxylation is 1. The number of nitriles is 1. The number of carbonyl (C=O) groups excluding carboxylic acids is 4. The van der Waals surface area contributed by atoms with Crippen molar-refractivity contribution >= 4 is 45.7 Å². The van der Waals surface area contributed by atoms with Crippen molar-refractivity contribution in [1.82, 2.24) is 0 Å². The molecule has 1 aromatic carbocycles. The molecule has 0 spiro atoms. The Hall–Kier alpha value is -3.51. The minimum atomic E-state index is -0.701. The fourth-order valence-electron chi connectivity index (χ4n) is 3.94. The maximum atomic E-state index is 12.3. The molecular weight excluding hydrogens is 430 g/mol. The van der Waals surface area contributed by atoms with Crippen LogP contribution in [0.1, 0.15) is 58.5 Å². The lowest BCUT2D eigenvalue weighted by molar-refractivity contribution is -0.121. The van der Waals surface area contributed by atoms with Crippen LogP contribution in [-0.2, 0) is 32.0 Å². The highest BCUT2D eigenvalue weighted by Crippen LogP contribution is 2.37. The zero-order valence-electron chi connectivity index (χ0n) is 17.3. The van der Waals surface area contributed by atoms with E-state index in [9.17, 15) is 24.4 Å². The Labute approximate surface area is 188 Å². The monoisotopic (exact) mass is 451 g/mol. The number of carbonyl (C=O) groups is 4. The van der Waals surface area contributed by atoms with Crippen molar-refractivity contribution < 1.29 is 23.9 Å². The molecule has 8 nitrogen and oxygen atoms in total. The molecule has 3 amide bonds. The summed E-state index contributed by atoms with van der Waals surface area (Å²) in [4.78, 5) is 50.5. The van der Waals surface area contributed by atoms with E-state index in [-0.39, 0.29) is 30.2 Å². The molecule has 4 rings (SSSR count). The van der Waals surface area contributed by atoms with Gasteiger partial charge in [0.05, 0.1) is 16.8 Å². The minimum absolute atomic E-state index is 0.179. The van der Waals surface area contributed by atoms with Gasteiger partial charge in [-0.1, -0.05) is 6.42 Å². The third kappa shape index (κ3) is 4.41. The number of rotatable bonds is 5. The molecule has 0 bridgehead atoms. The Morgan fingerprint density at radius 3 is 2.41 bits per heavy atom. The summed E-state index contributed by atoms with van der Waals surface area (Å²) in [5.74, 6) is -1.77. The van der Waals surface area contributed by atoms with Gasteiger partial charge in [-0.05, 0) is 55.5 Å². The van der Waals surface area contributed by atoms with E-state index in [1.54, 1.807) is 0 Å². The average molecular weight is 452 g/mol. The van der Waals surface area contributed by atoms with Gasteiger partial charge in [0.1, 0.15) is 11.1 Å². The predicted octanol–water partition coefficient (Wildman–Crippen LogP) is 3.34. The highest BCUT2D eigenvalue weighted by Gasteiger charge is 2.30. The van der Waals surface area contributed by atoms with E-state index in [4.69, 9.17) is 4.74 Å². The Kier molecular flexibility index (Phi) is 6.32. The van der Waals surface area contributed by atoms with Gasteiger partial charge in [0, 0.05) is 17.7 Å². The second-order valence-electron chi connectivity index (χ2n) is 7.67. The molecule has 32 heavy (non-hydrogen) atoms. The molecule has 0 unspecified atom stereocenters. The van der Waals surface area contributed by atoms with Gasteiger partial charge in [0.25, 0.3) is 5.91 Å². The van der Waals surface area contributed by atoms with Crippen molar-refractivity contribution in [3.63, 3.8) is 0 Å². The van der Waals surface area contributed by atoms with Gasteiger partial charge >= 0.3 is 5.97 Å². The molecule has 1 aromatic heterocycles. The van der Waals surface area contributed by atoms with Crippen LogP contribution in [0.3, 0.4) is 0 Å². The summed E-state index contributed by atoms with van der Waals surface area (Å²) in [6, 6.07) is 8.08. The molecule has 2 aromatic rings. The first kappa shape index (κ1) is 21.7. The van der Waals surface area contributed by atoms with Gasteiger partial charge in [-0.15, -0.1) is 11.3 Å². The zero-order chi connectivity index (χ0) is 22.7. The van der Waals surface area contributed by atoms with E-state index in [0.717, 1.165) is 47.4 Å². The summed E-state index contributed by atoms with van der Waals surface area (Å²) in [6.07, 6.45) is 5.34. The van der Waals surface area contributed by atoms with Gasteiger partial charge < -0.3 is 10.1 Å². The summed E-state index contributed by atoms with van der Waals surface area (Å²) in [5.41, 5.74) is 2.13. The fourth-order valence-corrected chi connectivity index (χ4v) is 5.19. The maximum Gasteiger partial charge on any atom is 0.338 e. The molecule has 0 saturated carbocycles. The number of amides is 3. The van der Waals surface area contributed by atoms with Crippen LogP contribution in [0.2, 0.25) is 0 Å². The van der Waals surface area contributed by atoms with Crippen molar-refractivity contribution in [3.8, 4) is 6.07 Å². The molecular formula is C23H21N3O5S. The summed E-state index contributed by atoms with van der Waals surface area (Å²) in [5, 5.41) is 12.7. The second-order valence-corrected chi connectivity index (χ2v) is 8.78. The van der Waals surface area contributed by atoms with Gasteiger partial charge in [-0.25, -0.2) is 4.79 Å². The van der Waals surface area contributed by atoms with E-state index in [1.807, 2.05) is 0 Å². The standard InChI is InChI=1S/C23H21N3O5S/c24-12-17-16-4-2-1-3-5-18(16)32-22(17)25-19(27)13-31-23(30)14-6-8-15(9-7-14)26-20(28)10-11-21(26)29/h6-9H,1-5,10-11,13H2,(H,25,27). The lowest BCUT2D eigenvalue weighted by Gasteiger charge is -2.14. The average Bonchev–Trinajstić information content (AvgIpc) is 3.19. The van der Waals surface area contributed by atoms with Crippen LogP contribution in [0.5, 0.6) is 0 Å². The van der Waals surface area contributed by atoms with Crippen molar-refractivity contribution in [2.45, 2.75) is 44.9 Å². The molecule has 2 aliphatic rings. The molecule has 1 saturated heterocycles. The topological polar surface area (TPSA) is 117 Å². The van der Waals surface area contributed by atoms with Gasteiger partial charge in [-0.2, -0.15) is 5.26 Å². The number of esters is 1. The van der Waals surface area contributed by atoms with Crippen LogP contribution in [0.15, 0.2) is 24.3 Å². The number of nitrogens with one attached hydrogen (secondary N) is 1. The number of ether oxygens (including phenoxy) is 1. The molecule has 2 heterocycles. The lowest BCUT2D eigenvalue weighted by atomic mass is 10.1. The molecule has 164 valence electrons. The smallest absolute Gasteiger partial charge is 0.338 e. The van der Waals surface area contributed by atoms with Crippen LogP contribution < -0.4 is 10.2 Å². The number of hydrogen-bond acceptors (Lipinski definition) is 7. The molecule has 1 N–H and O–H groups in total. The van der Waals surface area contributed by atoms with E-state index in [1.165, 1.54) is 35.6 Å². The summed E-state index contributed by atoms with van der Waals surface area (Å²) < 4.78 is 5.09. The van der Waals surface area contributed by atoms with Crippen LogP contribution in [-0.4, -0.2) is 30.3 Å². The summed E-state index contributed by atoms with van der Waals surface area (Å²) in [6.45, 7) is -0.489. The predicted molar refractivity (Wildman–Crippen MR) is 117 cm³/mol. The molecule has 9 heteroatoms. The van der Waals surface area contributed by atoms with E-state index in [2.05, 4.69) is 11.4 Å². The number of benzene rings is 1. The number of imide groups is 1. The minimum Gasteiger partial charge on any atom is -0.452 e. The van der Waals surface area contributed by atoms with Crippen LogP contribution >= 0.6 is 11.3 Å². The Morgan fingerprint density at radius 2 is 1.72 bits per heavy atom. The SMILES string of the molecule is N#Cc1c(NC(=O)COC(=O)c2ccc(N3C(=O)CCC3=O)cc2)sc2c1CCCCC2. The fraction of sp³-hybridized carbons (Fsp3) is 0.348. The number of anilines is 2. The highest BCUT2D eigenvalue weighted by atomic mass is 32.1. The Morgan fingerprint density at radius 1 is 1.03 bits per heavy atom.